The minimum Gasteiger partial charge on any atom is -0.453 e. The Kier molecular flexibility index (Phi) is 5.52. The minimum atomic E-state index is -0.466. The maximum absolute atomic E-state index is 12.8. The molecule has 4 nitrogen and oxygen atoms in total. The summed E-state index contributed by atoms with van der Waals surface area (Å²) in [6.07, 6.45) is -0.466. The van der Waals surface area contributed by atoms with Gasteiger partial charge in [-0.3, -0.25) is 4.79 Å². The second-order valence-corrected chi connectivity index (χ2v) is 5.46. The fraction of sp³-hybridized carbons (Fsp3) is 0.263. The summed E-state index contributed by atoms with van der Waals surface area (Å²) in [6.45, 7) is 1.84. The minimum absolute atomic E-state index is 0.00444. The zero-order valence-electron chi connectivity index (χ0n) is 13.6. The van der Waals surface area contributed by atoms with E-state index in [2.05, 4.69) is 0 Å². The Bertz CT molecular complexity index is 655. The largest absolute Gasteiger partial charge is 0.453 e. The van der Waals surface area contributed by atoms with Crippen LogP contribution in [0.5, 0.6) is 0 Å². The van der Waals surface area contributed by atoms with Gasteiger partial charge in [0.15, 0.2) is 5.78 Å². The highest BCUT2D eigenvalue weighted by molar-refractivity contribution is 5.98. The molecule has 120 valence electrons. The predicted molar refractivity (Wildman–Crippen MR) is 89.3 cm³/mol. The number of ether oxygens (including phenoxy) is 1. The van der Waals surface area contributed by atoms with Crippen LogP contribution in [0, 0.1) is 5.92 Å². The molecule has 1 amide bonds. The molecule has 2 rings (SSSR count). The van der Waals surface area contributed by atoms with Crippen LogP contribution < -0.4 is 0 Å². The molecule has 0 fully saturated rings. The number of hydrogen-bond acceptors (Lipinski definition) is 3. The van der Waals surface area contributed by atoms with Gasteiger partial charge in [0.1, 0.15) is 0 Å². The molecule has 0 bridgehead atoms. The van der Waals surface area contributed by atoms with Crippen molar-refractivity contribution in [2.45, 2.75) is 13.0 Å². The molecule has 0 unspecified atom stereocenters. The van der Waals surface area contributed by atoms with Crippen LogP contribution in [0.1, 0.15) is 28.9 Å². The molecule has 0 radical (unpaired) electrons. The first kappa shape index (κ1) is 16.7. The van der Waals surface area contributed by atoms with E-state index in [9.17, 15) is 9.59 Å². The summed E-state index contributed by atoms with van der Waals surface area (Å²) in [5.41, 5.74) is 1.54. The summed E-state index contributed by atoms with van der Waals surface area (Å²) in [5.74, 6) is -0.404. The zero-order valence-corrected chi connectivity index (χ0v) is 13.6. The van der Waals surface area contributed by atoms with Crippen molar-refractivity contribution in [1.82, 2.24) is 4.90 Å². The van der Waals surface area contributed by atoms with Gasteiger partial charge in [0.25, 0.3) is 0 Å². The van der Waals surface area contributed by atoms with Crippen molar-refractivity contribution in [3.63, 3.8) is 0 Å². The highest BCUT2D eigenvalue weighted by Crippen LogP contribution is 2.30. The highest BCUT2D eigenvalue weighted by Gasteiger charge is 2.32. The molecule has 2 aromatic rings. The van der Waals surface area contributed by atoms with Gasteiger partial charge in [0.05, 0.1) is 13.2 Å². The lowest BCUT2D eigenvalue weighted by Crippen LogP contribution is -2.37. The topological polar surface area (TPSA) is 46.6 Å². The Hall–Kier alpha value is -2.62. The first-order chi connectivity index (χ1) is 11.1. The van der Waals surface area contributed by atoms with E-state index < -0.39 is 18.1 Å². The molecule has 0 heterocycles. The molecule has 0 aliphatic rings. The summed E-state index contributed by atoms with van der Waals surface area (Å²) in [5, 5.41) is 0. The van der Waals surface area contributed by atoms with Crippen molar-refractivity contribution in [2.75, 3.05) is 14.2 Å². The van der Waals surface area contributed by atoms with Gasteiger partial charge >= 0.3 is 6.09 Å². The van der Waals surface area contributed by atoms with Gasteiger partial charge in [0, 0.05) is 18.5 Å². The third-order valence-corrected chi connectivity index (χ3v) is 3.97. The molecule has 0 spiro atoms. The van der Waals surface area contributed by atoms with Gasteiger partial charge in [-0.05, 0) is 5.56 Å². The first-order valence-electron chi connectivity index (χ1n) is 7.51. The number of methoxy groups -OCH3 is 1. The maximum Gasteiger partial charge on any atom is 0.409 e. The molecule has 0 aromatic heterocycles. The van der Waals surface area contributed by atoms with Gasteiger partial charge in [-0.1, -0.05) is 67.6 Å². The van der Waals surface area contributed by atoms with E-state index in [1.54, 1.807) is 19.2 Å². The summed E-state index contributed by atoms with van der Waals surface area (Å²) < 4.78 is 4.83. The summed E-state index contributed by atoms with van der Waals surface area (Å²) in [7, 11) is 2.99. The van der Waals surface area contributed by atoms with E-state index in [0.717, 1.165) is 5.56 Å². The van der Waals surface area contributed by atoms with Crippen molar-refractivity contribution in [3.8, 4) is 0 Å². The lowest BCUT2D eigenvalue weighted by molar-refractivity contribution is 0.0783. The number of carbonyl (C=O) groups is 2. The molecule has 2 aromatic carbocycles. The molecule has 0 N–H and O–H groups in total. The molecule has 4 heteroatoms. The van der Waals surface area contributed by atoms with Crippen LogP contribution in [0.2, 0.25) is 0 Å². The van der Waals surface area contributed by atoms with Crippen molar-refractivity contribution < 1.29 is 14.3 Å². The predicted octanol–water partition coefficient (Wildman–Crippen LogP) is 3.94. The number of nitrogens with zero attached hydrogens (tertiary/aromatic N) is 1. The third-order valence-electron chi connectivity index (χ3n) is 3.97. The molecule has 2 atom stereocenters. The number of hydrogen-bond donors (Lipinski definition) is 0. The van der Waals surface area contributed by atoms with Gasteiger partial charge in [0.2, 0.25) is 0 Å². The van der Waals surface area contributed by atoms with E-state index in [4.69, 9.17) is 4.74 Å². The average molecular weight is 311 g/mol. The quantitative estimate of drug-likeness (QED) is 0.786. The lowest BCUT2D eigenvalue weighted by Gasteiger charge is -2.31. The van der Waals surface area contributed by atoms with Crippen LogP contribution in [0.4, 0.5) is 4.79 Å². The standard InChI is InChI=1S/C19H21NO3/c1-14(18(21)16-12-8-5-9-13-16)17(20(2)19(22)23-3)15-10-6-4-7-11-15/h4-14,17H,1-3H3/t14-,17-/m0/s1. The molecule has 23 heavy (non-hydrogen) atoms. The first-order valence-corrected chi connectivity index (χ1v) is 7.51. The lowest BCUT2D eigenvalue weighted by atomic mass is 9.87. The maximum atomic E-state index is 12.8. The van der Waals surface area contributed by atoms with Crippen LogP contribution >= 0.6 is 0 Å². The Morgan fingerprint density at radius 1 is 0.957 bits per heavy atom. The Balaban J connectivity index is 2.37. The van der Waals surface area contributed by atoms with E-state index in [0.29, 0.717) is 5.56 Å². The number of amides is 1. The zero-order chi connectivity index (χ0) is 16.8. The molecule has 0 aliphatic heterocycles. The Labute approximate surface area is 136 Å². The van der Waals surface area contributed by atoms with E-state index in [1.807, 2.05) is 55.5 Å². The van der Waals surface area contributed by atoms with E-state index in [1.165, 1.54) is 12.0 Å². The number of benzene rings is 2. The van der Waals surface area contributed by atoms with Crippen LogP contribution in [-0.2, 0) is 4.74 Å². The van der Waals surface area contributed by atoms with Crippen LogP contribution in [-0.4, -0.2) is 30.9 Å². The van der Waals surface area contributed by atoms with E-state index in [-0.39, 0.29) is 5.78 Å². The van der Waals surface area contributed by atoms with E-state index >= 15 is 0 Å². The number of ketones is 1. The summed E-state index contributed by atoms with van der Waals surface area (Å²) in [4.78, 5) is 26.3. The third kappa shape index (κ3) is 3.77. The van der Waals surface area contributed by atoms with Crippen molar-refractivity contribution >= 4 is 11.9 Å². The Morgan fingerprint density at radius 3 is 2.00 bits per heavy atom. The molecular formula is C19H21NO3. The number of Topliss-reactive ketones (excluding diaryl/α,β-unsaturated/α-hetero) is 1. The normalized spacial score (nSPS) is 13.0. The molecular weight excluding hydrogens is 290 g/mol. The van der Waals surface area contributed by atoms with Crippen LogP contribution in [0.25, 0.3) is 0 Å². The van der Waals surface area contributed by atoms with Crippen LogP contribution in [0.15, 0.2) is 60.7 Å². The second kappa shape index (κ2) is 7.58. The monoisotopic (exact) mass is 311 g/mol. The van der Waals surface area contributed by atoms with Crippen LogP contribution in [0.3, 0.4) is 0 Å². The smallest absolute Gasteiger partial charge is 0.409 e. The molecule has 0 saturated heterocycles. The van der Waals surface area contributed by atoms with Gasteiger partial charge < -0.3 is 9.64 Å². The van der Waals surface area contributed by atoms with Crippen molar-refractivity contribution in [2.24, 2.45) is 5.92 Å². The fourth-order valence-electron chi connectivity index (χ4n) is 2.76. The molecule has 0 saturated carbocycles. The Morgan fingerprint density at radius 2 is 1.48 bits per heavy atom. The second-order valence-electron chi connectivity index (χ2n) is 5.46. The fourth-order valence-corrected chi connectivity index (χ4v) is 2.76. The van der Waals surface area contributed by atoms with Crippen molar-refractivity contribution in [1.29, 1.82) is 0 Å². The number of rotatable bonds is 5. The average Bonchev–Trinajstić information content (AvgIpc) is 2.62. The summed E-state index contributed by atoms with van der Waals surface area (Å²) >= 11 is 0. The molecule has 0 aliphatic carbocycles. The van der Waals surface area contributed by atoms with Crippen molar-refractivity contribution in [3.05, 3.63) is 71.8 Å². The highest BCUT2D eigenvalue weighted by atomic mass is 16.5. The SMILES string of the molecule is COC(=O)N(C)[C@H](c1ccccc1)[C@H](C)C(=O)c1ccccc1. The van der Waals surface area contributed by atoms with Gasteiger partial charge in [-0.15, -0.1) is 0 Å². The van der Waals surface area contributed by atoms with Gasteiger partial charge in [-0.25, -0.2) is 4.79 Å². The summed E-state index contributed by atoms with van der Waals surface area (Å²) in [6, 6.07) is 18.3. The van der Waals surface area contributed by atoms with Gasteiger partial charge in [-0.2, -0.15) is 0 Å². The number of carbonyl (C=O) groups excluding carboxylic acids is 2.